The molecule has 1 aromatic rings. The zero-order chi connectivity index (χ0) is 20.9. The van der Waals surface area contributed by atoms with Crippen molar-refractivity contribution in [3.8, 4) is 0 Å². The lowest BCUT2D eigenvalue weighted by atomic mass is 10.4. The molecule has 2 saturated heterocycles. The molecule has 2 aliphatic rings. The molecule has 0 radical (unpaired) electrons. The second kappa shape index (κ2) is 9.41. The van der Waals surface area contributed by atoms with Crippen LogP contribution in [0.1, 0.15) is 19.0 Å². The fourth-order valence-corrected chi connectivity index (χ4v) is 6.35. The Balaban J connectivity index is 1.55. The van der Waals surface area contributed by atoms with Crippen LogP contribution in [0.4, 0.5) is 0 Å². The van der Waals surface area contributed by atoms with Crippen molar-refractivity contribution >= 4 is 26.0 Å². The summed E-state index contributed by atoms with van der Waals surface area (Å²) < 4.78 is 56.5. The molecule has 13 heteroatoms. The first-order valence-electron chi connectivity index (χ1n) is 9.70. The van der Waals surface area contributed by atoms with Gasteiger partial charge in [-0.05, 0) is 13.3 Å². The lowest BCUT2D eigenvalue weighted by Gasteiger charge is -2.35. The predicted octanol–water partition coefficient (Wildman–Crippen LogP) is -0.877. The molecule has 2 aliphatic heterocycles. The number of piperazine rings is 1. The van der Waals surface area contributed by atoms with E-state index in [2.05, 4.69) is 15.5 Å². The van der Waals surface area contributed by atoms with Gasteiger partial charge in [-0.25, -0.2) is 21.1 Å². The minimum atomic E-state index is -3.46. The van der Waals surface area contributed by atoms with Crippen LogP contribution in [0, 0.1) is 0 Å². The topological polar surface area (TPSA) is 128 Å². The number of sulfonamides is 2. The highest BCUT2D eigenvalue weighted by Gasteiger charge is 2.30. The average Bonchev–Trinajstić information content (AvgIpc) is 3.30. The molecule has 0 aromatic carbocycles. The van der Waals surface area contributed by atoms with E-state index in [-0.39, 0.29) is 11.5 Å². The van der Waals surface area contributed by atoms with Crippen molar-refractivity contribution in [1.29, 1.82) is 0 Å². The van der Waals surface area contributed by atoms with Crippen molar-refractivity contribution in [3.05, 3.63) is 18.0 Å². The summed E-state index contributed by atoms with van der Waals surface area (Å²) in [5.41, 5.74) is 0.388. The molecule has 3 rings (SSSR count). The Bertz CT molecular complexity index is 892. The molecule has 0 atom stereocenters. The van der Waals surface area contributed by atoms with Crippen molar-refractivity contribution in [2.75, 3.05) is 58.1 Å². The van der Waals surface area contributed by atoms with Gasteiger partial charge in [0.15, 0.2) is 5.96 Å². The highest BCUT2D eigenvalue weighted by atomic mass is 32.2. The Labute approximate surface area is 171 Å². The van der Waals surface area contributed by atoms with E-state index in [1.54, 1.807) is 6.07 Å². The van der Waals surface area contributed by atoms with E-state index >= 15 is 0 Å². The van der Waals surface area contributed by atoms with Crippen molar-refractivity contribution in [2.24, 2.45) is 4.99 Å². The van der Waals surface area contributed by atoms with Crippen LogP contribution >= 0.6 is 0 Å². The maximum Gasteiger partial charge on any atom is 0.220 e. The zero-order valence-electron chi connectivity index (χ0n) is 16.5. The Hall–Kier alpha value is -1.70. The van der Waals surface area contributed by atoms with Crippen LogP contribution in [0.15, 0.2) is 21.8 Å². The smallest absolute Gasteiger partial charge is 0.220 e. The fraction of sp³-hybridized carbons (Fsp3) is 0.750. The fourth-order valence-electron chi connectivity index (χ4n) is 3.40. The molecule has 1 N–H and O–H groups in total. The van der Waals surface area contributed by atoms with E-state index < -0.39 is 20.0 Å². The minimum absolute atomic E-state index is 0.179. The standard InChI is InChI=1S/C16H28N6O5S2/c1-2-17-16(18-5-7-21-6-3-13-28(21,23)24)20-8-10-22(11-9-20)29(25,26)14-15-4-12-27-19-15/h4,12H,2-3,5-11,13-14H2,1H3,(H,17,18). The summed E-state index contributed by atoms with van der Waals surface area (Å²) in [5, 5.41) is 6.88. The normalized spacial score (nSPS) is 21.6. The van der Waals surface area contributed by atoms with E-state index in [1.807, 2.05) is 11.8 Å². The maximum absolute atomic E-state index is 12.6. The third-order valence-corrected chi connectivity index (χ3v) is 8.67. The van der Waals surface area contributed by atoms with Crippen molar-refractivity contribution < 1.29 is 21.4 Å². The molecule has 3 heterocycles. The molecule has 2 fully saturated rings. The van der Waals surface area contributed by atoms with E-state index in [4.69, 9.17) is 4.52 Å². The summed E-state index contributed by atoms with van der Waals surface area (Å²) >= 11 is 0. The quantitative estimate of drug-likeness (QED) is 0.421. The maximum atomic E-state index is 12.6. The molecule has 164 valence electrons. The van der Waals surface area contributed by atoms with Gasteiger partial charge in [0, 0.05) is 51.9 Å². The number of hydrogen-bond acceptors (Lipinski definition) is 7. The number of guanidine groups is 1. The molecule has 0 amide bonds. The zero-order valence-corrected chi connectivity index (χ0v) is 18.2. The first-order valence-corrected chi connectivity index (χ1v) is 12.9. The van der Waals surface area contributed by atoms with Gasteiger partial charge in [0.2, 0.25) is 20.0 Å². The highest BCUT2D eigenvalue weighted by molar-refractivity contribution is 7.89. The largest absolute Gasteiger partial charge is 0.364 e. The Morgan fingerprint density at radius 1 is 1.28 bits per heavy atom. The van der Waals surface area contributed by atoms with Gasteiger partial charge in [-0.2, -0.15) is 4.31 Å². The predicted molar refractivity (Wildman–Crippen MR) is 108 cm³/mol. The number of nitrogens with one attached hydrogen (secondary N) is 1. The number of aliphatic imine (C=N–C) groups is 1. The first-order chi connectivity index (χ1) is 13.8. The second-order valence-corrected chi connectivity index (χ2v) is 11.0. The van der Waals surface area contributed by atoms with E-state index in [0.29, 0.717) is 70.4 Å². The lowest BCUT2D eigenvalue weighted by Crippen LogP contribution is -2.54. The number of aromatic nitrogens is 1. The van der Waals surface area contributed by atoms with Crippen molar-refractivity contribution in [2.45, 2.75) is 19.1 Å². The molecule has 0 saturated carbocycles. The summed E-state index contributed by atoms with van der Waals surface area (Å²) in [7, 11) is -6.58. The van der Waals surface area contributed by atoms with Crippen LogP contribution in [0.25, 0.3) is 0 Å². The SMILES string of the molecule is CCNC(=NCCN1CCCS1(=O)=O)N1CCN(S(=O)(=O)Cc2ccon2)CC1. The van der Waals surface area contributed by atoms with Gasteiger partial charge in [-0.3, -0.25) is 4.99 Å². The van der Waals surface area contributed by atoms with Crippen molar-refractivity contribution in [3.63, 3.8) is 0 Å². The monoisotopic (exact) mass is 448 g/mol. The molecule has 0 aliphatic carbocycles. The van der Waals surface area contributed by atoms with Crippen LogP contribution in [-0.4, -0.2) is 99.6 Å². The third kappa shape index (κ3) is 5.68. The number of rotatable bonds is 7. The van der Waals surface area contributed by atoms with Crippen LogP contribution in [0.3, 0.4) is 0 Å². The molecule has 0 bridgehead atoms. The molecule has 29 heavy (non-hydrogen) atoms. The van der Waals surface area contributed by atoms with E-state index in [1.165, 1.54) is 14.9 Å². The van der Waals surface area contributed by atoms with Gasteiger partial charge in [-0.15, -0.1) is 0 Å². The lowest BCUT2D eigenvalue weighted by molar-refractivity contribution is 0.259. The molecule has 0 spiro atoms. The summed E-state index contributed by atoms with van der Waals surface area (Å²) in [5.74, 6) is 0.710. The van der Waals surface area contributed by atoms with Gasteiger partial charge in [-0.1, -0.05) is 5.16 Å². The molecular formula is C16H28N6O5S2. The molecular weight excluding hydrogens is 420 g/mol. The highest BCUT2D eigenvalue weighted by Crippen LogP contribution is 2.14. The van der Waals surface area contributed by atoms with Crippen LogP contribution in [0.2, 0.25) is 0 Å². The Kier molecular flexibility index (Phi) is 7.14. The van der Waals surface area contributed by atoms with Crippen LogP contribution < -0.4 is 5.32 Å². The second-order valence-electron chi connectivity index (χ2n) is 6.94. The number of hydrogen-bond donors (Lipinski definition) is 1. The van der Waals surface area contributed by atoms with Gasteiger partial charge >= 0.3 is 0 Å². The Morgan fingerprint density at radius 2 is 2.03 bits per heavy atom. The summed E-state index contributed by atoms with van der Waals surface area (Å²) in [6, 6.07) is 1.55. The number of nitrogens with zero attached hydrogens (tertiary/aromatic N) is 5. The first kappa shape index (κ1) is 22.0. The van der Waals surface area contributed by atoms with Crippen molar-refractivity contribution in [1.82, 2.24) is 24.0 Å². The summed E-state index contributed by atoms with van der Waals surface area (Å²) in [6.45, 7) is 5.63. The Morgan fingerprint density at radius 3 is 2.62 bits per heavy atom. The van der Waals surface area contributed by atoms with Crippen LogP contribution in [0.5, 0.6) is 0 Å². The average molecular weight is 449 g/mol. The molecule has 11 nitrogen and oxygen atoms in total. The van der Waals surface area contributed by atoms with Gasteiger partial charge < -0.3 is 14.7 Å². The van der Waals surface area contributed by atoms with E-state index in [9.17, 15) is 16.8 Å². The van der Waals surface area contributed by atoms with Gasteiger partial charge in [0.25, 0.3) is 0 Å². The molecule has 1 aromatic heterocycles. The summed E-state index contributed by atoms with van der Waals surface area (Å²) in [6.07, 6.45) is 2.02. The minimum Gasteiger partial charge on any atom is -0.364 e. The van der Waals surface area contributed by atoms with Gasteiger partial charge in [0.05, 0.1) is 18.0 Å². The van der Waals surface area contributed by atoms with Crippen LogP contribution in [-0.2, 0) is 25.8 Å². The summed E-state index contributed by atoms with van der Waals surface area (Å²) in [4.78, 5) is 6.55. The molecule has 0 unspecified atom stereocenters. The van der Waals surface area contributed by atoms with Gasteiger partial charge in [0.1, 0.15) is 12.0 Å². The third-order valence-electron chi connectivity index (χ3n) is 4.90. The van der Waals surface area contributed by atoms with E-state index in [0.717, 1.165) is 0 Å².